The van der Waals surface area contributed by atoms with Crippen molar-refractivity contribution in [3.63, 3.8) is 0 Å². The summed E-state index contributed by atoms with van der Waals surface area (Å²) in [6.07, 6.45) is 6.75. The van der Waals surface area contributed by atoms with Gasteiger partial charge in [-0.2, -0.15) is 0 Å². The third-order valence-corrected chi connectivity index (χ3v) is 3.67. The Labute approximate surface area is 127 Å². The number of ketones is 2. The molecular weight excluding hydrogens is 285 g/mol. The summed E-state index contributed by atoms with van der Waals surface area (Å²) in [5, 5.41) is 0. The zero-order valence-electron chi connectivity index (χ0n) is 11.7. The molecule has 112 valence electrons. The van der Waals surface area contributed by atoms with Crippen LogP contribution < -0.4 is 0 Å². The zero-order valence-corrected chi connectivity index (χ0v) is 11.7. The number of fused-ring (bicyclic) bond motifs is 1. The summed E-state index contributed by atoms with van der Waals surface area (Å²) in [5.74, 6) is -0.667. The third-order valence-electron chi connectivity index (χ3n) is 3.67. The van der Waals surface area contributed by atoms with Crippen molar-refractivity contribution in [1.29, 1.82) is 0 Å². The number of carbonyl (C=O) groups excluding carboxylic acids is 2. The second kappa shape index (κ2) is 6.05. The minimum absolute atomic E-state index is 0.101. The van der Waals surface area contributed by atoms with Crippen LogP contribution in [0.4, 0.5) is 4.39 Å². The topological polar surface area (TPSA) is 55.7 Å². The number of hydrogen-bond acceptors (Lipinski definition) is 4. The van der Waals surface area contributed by atoms with Crippen LogP contribution in [0.15, 0.2) is 53.1 Å². The molecule has 0 fully saturated rings. The Kier molecular flexibility index (Phi) is 3.96. The molecule has 1 heterocycles. The fraction of sp³-hybridized carbons (Fsp3) is 0.235. The Bertz CT molecular complexity index is 688. The van der Waals surface area contributed by atoms with Crippen molar-refractivity contribution in [3.8, 4) is 0 Å². The normalized spacial score (nSPS) is 22.0. The largest absolute Gasteiger partial charge is 0.474 e. The minimum Gasteiger partial charge on any atom is -0.474 e. The summed E-state index contributed by atoms with van der Waals surface area (Å²) in [4.78, 5) is 28.2. The lowest BCUT2D eigenvalue weighted by Crippen LogP contribution is -2.22. The Morgan fingerprint density at radius 1 is 1.14 bits per heavy atom. The van der Waals surface area contributed by atoms with Crippen molar-refractivity contribution >= 4 is 18.0 Å². The monoisotopic (exact) mass is 299 g/mol. The van der Waals surface area contributed by atoms with E-state index in [9.17, 15) is 14.0 Å². The van der Waals surface area contributed by atoms with Crippen molar-refractivity contribution in [2.24, 2.45) is 4.99 Å². The number of aliphatic imine (C=N–C) groups is 1. The van der Waals surface area contributed by atoms with Crippen LogP contribution in [0.25, 0.3) is 0 Å². The molecule has 0 N–H and O–H groups in total. The van der Waals surface area contributed by atoms with Gasteiger partial charge in [-0.05, 0) is 36.4 Å². The fourth-order valence-electron chi connectivity index (χ4n) is 2.41. The van der Waals surface area contributed by atoms with Crippen LogP contribution in [-0.4, -0.2) is 30.1 Å². The molecule has 0 spiro atoms. The van der Waals surface area contributed by atoms with Crippen LogP contribution >= 0.6 is 0 Å². The summed E-state index contributed by atoms with van der Waals surface area (Å²) in [5.41, 5.74) is 0.965. The van der Waals surface area contributed by atoms with E-state index in [0.717, 1.165) is 0 Å². The lowest BCUT2D eigenvalue weighted by Gasteiger charge is -2.15. The van der Waals surface area contributed by atoms with E-state index in [4.69, 9.17) is 4.74 Å². The molecule has 3 rings (SSSR count). The minimum atomic E-state index is -0.390. The van der Waals surface area contributed by atoms with Gasteiger partial charge in [-0.3, -0.25) is 9.59 Å². The highest BCUT2D eigenvalue weighted by Crippen LogP contribution is 2.21. The van der Waals surface area contributed by atoms with Gasteiger partial charge in [0, 0.05) is 24.0 Å². The van der Waals surface area contributed by atoms with Crippen molar-refractivity contribution < 1.29 is 18.7 Å². The van der Waals surface area contributed by atoms with Crippen LogP contribution in [0, 0.1) is 5.82 Å². The number of rotatable bonds is 5. The lowest BCUT2D eigenvalue weighted by molar-refractivity contribution is -0.115. The summed E-state index contributed by atoms with van der Waals surface area (Å²) in [6.45, 7) is 0. The maximum Gasteiger partial charge on any atom is 0.171 e. The van der Waals surface area contributed by atoms with Gasteiger partial charge in [-0.25, -0.2) is 9.38 Å². The number of nitrogens with zero attached hydrogens (tertiary/aromatic N) is 1. The first-order chi connectivity index (χ1) is 10.6. The predicted octanol–water partition coefficient (Wildman–Crippen LogP) is 2.65. The molecule has 0 saturated carbocycles. The molecule has 4 nitrogen and oxygen atoms in total. The number of allylic oxidation sites excluding steroid dienone is 2. The highest BCUT2D eigenvalue weighted by molar-refractivity contribution is 6.03. The van der Waals surface area contributed by atoms with Crippen LogP contribution in [0.2, 0.25) is 0 Å². The molecule has 0 aromatic heterocycles. The van der Waals surface area contributed by atoms with Crippen LogP contribution in [0.5, 0.6) is 0 Å². The molecule has 2 atom stereocenters. The van der Waals surface area contributed by atoms with E-state index in [2.05, 4.69) is 4.99 Å². The van der Waals surface area contributed by atoms with E-state index in [1.165, 1.54) is 30.7 Å². The quantitative estimate of drug-likeness (QED) is 0.785. The molecule has 5 heteroatoms. The Morgan fingerprint density at radius 3 is 2.64 bits per heavy atom. The van der Waals surface area contributed by atoms with Gasteiger partial charge in [-0.1, -0.05) is 6.08 Å². The Morgan fingerprint density at radius 2 is 1.86 bits per heavy atom. The summed E-state index contributed by atoms with van der Waals surface area (Å²) >= 11 is 0. The van der Waals surface area contributed by atoms with Gasteiger partial charge in [-0.15, -0.1) is 0 Å². The summed E-state index contributed by atoms with van der Waals surface area (Å²) in [6, 6.07) is 5.17. The number of ether oxygens (including phenoxy) is 1. The smallest absolute Gasteiger partial charge is 0.171 e. The van der Waals surface area contributed by atoms with Crippen molar-refractivity contribution in [3.05, 3.63) is 59.4 Å². The molecule has 2 unspecified atom stereocenters. The van der Waals surface area contributed by atoms with E-state index < -0.39 is 0 Å². The summed E-state index contributed by atoms with van der Waals surface area (Å²) < 4.78 is 18.0. The highest BCUT2D eigenvalue weighted by atomic mass is 19.1. The Hall–Kier alpha value is -2.56. The SMILES string of the molecule is O=C(CCC(=O)c1ccc(F)cc1)C1=CC2N=COC2C=C1. The molecule has 0 saturated heterocycles. The highest BCUT2D eigenvalue weighted by Gasteiger charge is 2.26. The number of halogens is 1. The van der Waals surface area contributed by atoms with Gasteiger partial charge in [0.15, 0.2) is 18.0 Å². The molecule has 0 amide bonds. The van der Waals surface area contributed by atoms with E-state index in [1.807, 2.05) is 0 Å². The van der Waals surface area contributed by atoms with Gasteiger partial charge >= 0.3 is 0 Å². The second-order valence-electron chi connectivity index (χ2n) is 5.18. The van der Waals surface area contributed by atoms with Gasteiger partial charge in [0.2, 0.25) is 0 Å². The van der Waals surface area contributed by atoms with E-state index >= 15 is 0 Å². The molecule has 2 aliphatic rings. The Balaban J connectivity index is 1.58. The maximum absolute atomic E-state index is 12.8. The second-order valence-corrected chi connectivity index (χ2v) is 5.18. The first kappa shape index (κ1) is 14.4. The fourth-order valence-corrected chi connectivity index (χ4v) is 2.41. The number of benzene rings is 1. The molecule has 22 heavy (non-hydrogen) atoms. The first-order valence-corrected chi connectivity index (χ1v) is 7.02. The number of Topliss-reactive ketones (excluding diaryl/α,β-unsaturated/α-hetero) is 2. The third kappa shape index (κ3) is 3.03. The van der Waals surface area contributed by atoms with Gasteiger partial charge in [0.25, 0.3) is 0 Å². The first-order valence-electron chi connectivity index (χ1n) is 7.02. The van der Waals surface area contributed by atoms with Gasteiger partial charge < -0.3 is 4.74 Å². The molecule has 0 radical (unpaired) electrons. The lowest BCUT2D eigenvalue weighted by atomic mass is 9.95. The van der Waals surface area contributed by atoms with Gasteiger partial charge in [0.1, 0.15) is 18.0 Å². The van der Waals surface area contributed by atoms with Crippen molar-refractivity contribution in [1.82, 2.24) is 0 Å². The molecular formula is C17H14FNO3. The summed E-state index contributed by atoms with van der Waals surface area (Å²) in [7, 11) is 0. The van der Waals surface area contributed by atoms with Crippen molar-refractivity contribution in [2.75, 3.05) is 0 Å². The van der Waals surface area contributed by atoms with Crippen LogP contribution in [0.1, 0.15) is 23.2 Å². The molecule has 1 aromatic carbocycles. The van der Waals surface area contributed by atoms with Crippen LogP contribution in [0.3, 0.4) is 0 Å². The van der Waals surface area contributed by atoms with Crippen molar-refractivity contribution in [2.45, 2.75) is 25.0 Å². The average Bonchev–Trinajstić information content (AvgIpc) is 3.00. The zero-order chi connectivity index (χ0) is 15.5. The number of carbonyl (C=O) groups is 2. The molecule has 1 aliphatic carbocycles. The van der Waals surface area contributed by atoms with Gasteiger partial charge in [0.05, 0.1) is 0 Å². The predicted molar refractivity (Wildman–Crippen MR) is 79.3 cm³/mol. The van der Waals surface area contributed by atoms with E-state index in [-0.39, 0.29) is 42.4 Å². The number of hydrogen-bond donors (Lipinski definition) is 0. The molecule has 0 bridgehead atoms. The standard InChI is InChI=1S/C17H14FNO3/c18-13-4-1-11(2-5-13)15(20)6-7-16(21)12-3-8-17-14(9-12)19-10-22-17/h1-5,8-10,14,17H,6-7H2. The van der Waals surface area contributed by atoms with Crippen LogP contribution in [-0.2, 0) is 9.53 Å². The molecule has 1 aliphatic heterocycles. The van der Waals surface area contributed by atoms with E-state index in [0.29, 0.717) is 11.1 Å². The molecule has 1 aromatic rings. The average molecular weight is 299 g/mol. The maximum atomic E-state index is 12.8. The van der Waals surface area contributed by atoms with E-state index in [1.54, 1.807) is 18.2 Å².